The fraction of sp³-hybridized carbons (Fsp3) is 0.562. The second kappa shape index (κ2) is 4.55. The van der Waals surface area contributed by atoms with E-state index in [1.165, 1.54) is 0 Å². The van der Waals surface area contributed by atoms with Crippen LogP contribution in [0, 0.1) is 11.3 Å². The molecular weight excluding hydrogens is 240 g/mol. The zero-order valence-electron chi connectivity index (χ0n) is 12.1. The van der Waals surface area contributed by atoms with Gasteiger partial charge in [0, 0.05) is 0 Å². The summed E-state index contributed by atoms with van der Waals surface area (Å²) in [7, 11) is 0. The smallest absolute Gasteiger partial charge is 0.310 e. The predicted molar refractivity (Wildman–Crippen MR) is 73.9 cm³/mol. The molecule has 1 aliphatic rings. The molecule has 2 rings (SSSR count). The number of phenols is 1. The van der Waals surface area contributed by atoms with Gasteiger partial charge in [0.05, 0.1) is 5.92 Å². The number of carbonyl (C=O) groups excluding carboxylic acids is 1. The maximum atomic E-state index is 12.0. The van der Waals surface area contributed by atoms with Crippen LogP contribution in [0.5, 0.6) is 5.75 Å². The first-order valence-electron chi connectivity index (χ1n) is 6.70. The number of esters is 1. The van der Waals surface area contributed by atoms with Gasteiger partial charge in [0.15, 0.2) is 0 Å². The number of aromatic hydroxyl groups is 1. The minimum Gasteiger partial charge on any atom is -0.508 e. The van der Waals surface area contributed by atoms with E-state index in [1.54, 1.807) is 12.1 Å². The summed E-state index contributed by atoms with van der Waals surface area (Å²) in [4.78, 5) is 12.0. The molecule has 2 atom stereocenters. The molecule has 1 fully saturated rings. The summed E-state index contributed by atoms with van der Waals surface area (Å²) < 4.78 is 5.43. The summed E-state index contributed by atoms with van der Waals surface area (Å²) >= 11 is 0. The van der Waals surface area contributed by atoms with Gasteiger partial charge in [-0.25, -0.2) is 0 Å². The highest BCUT2D eigenvalue weighted by molar-refractivity contribution is 5.77. The Morgan fingerprint density at radius 1 is 1.47 bits per heavy atom. The molecule has 1 aromatic rings. The van der Waals surface area contributed by atoms with Gasteiger partial charge in [-0.3, -0.25) is 4.79 Å². The SMILES string of the molecule is CC(C)(C)OC(=O)C1C[C@@]1(C)Cc1cccc(O)c1. The topological polar surface area (TPSA) is 46.5 Å². The van der Waals surface area contributed by atoms with Gasteiger partial charge >= 0.3 is 5.97 Å². The highest BCUT2D eigenvalue weighted by Crippen LogP contribution is 2.55. The third-order valence-corrected chi connectivity index (χ3v) is 3.56. The molecule has 1 aromatic carbocycles. The van der Waals surface area contributed by atoms with Crippen molar-refractivity contribution >= 4 is 5.97 Å². The van der Waals surface area contributed by atoms with E-state index in [0.29, 0.717) is 0 Å². The molecule has 0 amide bonds. The van der Waals surface area contributed by atoms with Crippen LogP contribution < -0.4 is 0 Å². The fourth-order valence-corrected chi connectivity index (χ4v) is 2.48. The van der Waals surface area contributed by atoms with Crippen molar-refractivity contribution < 1.29 is 14.6 Å². The van der Waals surface area contributed by atoms with E-state index in [1.807, 2.05) is 32.9 Å². The van der Waals surface area contributed by atoms with Crippen molar-refractivity contribution in [3.8, 4) is 5.75 Å². The maximum absolute atomic E-state index is 12.0. The van der Waals surface area contributed by atoms with Gasteiger partial charge in [-0.1, -0.05) is 19.1 Å². The van der Waals surface area contributed by atoms with Gasteiger partial charge in [-0.15, -0.1) is 0 Å². The summed E-state index contributed by atoms with van der Waals surface area (Å²) in [6.45, 7) is 7.77. The van der Waals surface area contributed by atoms with Crippen LogP contribution >= 0.6 is 0 Å². The molecule has 1 unspecified atom stereocenters. The van der Waals surface area contributed by atoms with Gasteiger partial charge in [-0.05, 0) is 56.7 Å². The highest BCUT2D eigenvalue weighted by Gasteiger charge is 2.55. The molecule has 3 heteroatoms. The van der Waals surface area contributed by atoms with E-state index < -0.39 is 5.60 Å². The van der Waals surface area contributed by atoms with Crippen molar-refractivity contribution in [3.05, 3.63) is 29.8 Å². The minimum absolute atomic E-state index is 0.0194. The van der Waals surface area contributed by atoms with Crippen LogP contribution in [0.15, 0.2) is 24.3 Å². The number of phenolic OH excluding ortho intramolecular Hbond substituents is 1. The molecule has 19 heavy (non-hydrogen) atoms. The van der Waals surface area contributed by atoms with Crippen molar-refractivity contribution in [2.24, 2.45) is 11.3 Å². The van der Waals surface area contributed by atoms with E-state index in [4.69, 9.17) is 4.74 Å². The summed E-state index contributed by atoms with van der Waals surface area (Å²) in [5.41, 5.74) is 0.607. The molecule has 0 bridgehead atoms. The van der Waals surface area contributed by atoms with Crippen molar-refractivity contribution in [3.63, 3.8) is 0 Å². The Kier molecular flexibility index (Phi) is 3.33. The van der Waals surface area contributed by atoms with Gasteiger partial charge in [0.1, 0.15) is 11.4 Å². The third-order valence-electron chi connectivity index (χ3n) is 3.56. The molecular formula is C16H22O3. The molecule has 1 N–H and O–H groups in total. The largest absolute Gasteiger partial charge is 0.508 e. The van der Waals surface area contributed by atoms with Crippen LogP contribution in [-0.2, 0) is 16.0 Å². The summed E-state index contributed by atoms with van der Waals surface area (Å²) in [6.07, 6.45) is 1.66. The molecule has 0 spiro atoms. The standard InChI is InChI=1S/C16H22O3/c1-15(2,3)19-14(18)13-10-16(13,4)9-11-6-5-7-12(17)8-11/h5-8,13,17H,9-10H2,1-4H3/t13?,16-/m1/s1. The van der Waals surface area contributed by atoms with E-state index in [2.05, 4.69) is 6.92 Å². The quantitative estimate of drug-likeness (QED) is 0.850. The lowest BCUT2D eigenvalue weighted by Gasteiger charge is -2.20. The molecule has 0 aromatic heterocycles. The number of ether oxygens (including phenoxy) is 1. The lowest BCUT2D eigenvalue weighted by atomic mass is 9.96. The molecule has 104 valence electrons. The van der Waals surface area contributed by atoms with Crippen molar-refractivity contribution in [2.75, 3.05) is 0 Å². The first kappa shape index (κ1) is 13.9. The average Bonchev–Trinajstić information content (AvgIpc) is 2.87. The molecule has 0 radical (unpaired) electrons. The Morgan fingerprint density at radius 3 is 2.74 bits per heavy atom. The lowest BCUT2D eigenvalue weighted by molar-refractivity contribution is -0.157. The van der Waals surface area contributed by atoms with Crippen molar-refractivity contribution in [1.29, 1.82) is 0 Å². The third kappa shape index (κ3) is 3.49. The molecule has 3 nitrogen and oxygen atoms in total. The Labute approximate surface area is 114 Å². The van der Waals surface area contributed by atoms with Crippen LogP contribution in [0.25, 0.3) is 0 Å². The molecule has 1 aliphatic carbocycles. The molecule has 1 saturated carbocycles. The molecule has 0 heterocycles. The van der Waals surface area contributed by atoms with Gasteiger partial charge in [0.25, 0.3) is 0 Å². The number of carbonyl (C=O) groups is 1. The van der Waals surface area contributed by atoms with E-state index in [0.717, 1.165) is 18.4 Å². The lowest BCUT2D eigenvalue weighted by Crippen LogP contribution is -2.26. The zero-order chi connectivity index (χ0) is 14.3. The highest BCUT2D eigenvalue weighted by atomic mass is 16.6. The number of rotatable bonds is 3. The van der Waals surface area contributed by atoms with Crippen molar-refractivity contribution in [1.82, 2.24) is 0 Å². The fourth-order valence-electron chi connectivity index (χ4n) is 2.48. The summed E-state index contributed by atoms with van der Waals surface area (Å²) in [5.74, 6) is 0.153. The number of hydrogen-bond acceptors (Lipinski definition) is 3. The first-order valence-corrected chi connectivity index (χ1v) is 6.70. The minimum atomic E-state index is -0.425. The van der Waals surface area contributed by atoms with Gasteiger partial charge in [0.2, 0.25) is 0 Å². The molecule has 0 aliphatic heterocycles. The maximum Gasteiger partial charge on any atom is 0.310 e. The summed E-state index contributed by atoms with van der Waals surface area (Å²) in [6, 6.07) is 7.23. The Hall–Kier alpha value is -1.51. The average molecular weight is 262 g/mol. The zero-order valence-corrected chi connectivity index (χ0v) is 12.1. The van der Waals surface area contributed by atoms with E-state index >= 15 is 0 Å². The van der Waals surface area contributed by atoms with Crippen molar-refractivity contribution in [2.45, 2.75) is 46.1 Å². The molecule has 0 saturated heterocycles. The Morgan fingerprint density at radius 2 is 2.16 bits per heavy atom. The van der Waals surface area contributed by atoms with Crippen LogP contribution in [0.2, 0.25) is 0 Å². The normalized spacial score (nSPS) is 26.0. The van der Waals surface area contributed by atoms with Gasteiger partial charge < -0.3 is 9.84 Å². The Bertz CT molecular complexity index is 487. The summed E-state index contributed by atoms with van der Waals surface area (Å²) in [5, 5.41) is 9.47. The number of hydrogen-bond donors (Lipinski definition) is 1. The first-order chi connectivity index (χ1) is 8.70. The van der Waals surface area contributed by atoms with Crippen LogP contribution in [0.4, 0.5) is 0 Å². The second-order valence-electron chi connectivity index (χ2n) is 6.79. The van der Waals surface area contributed by atoms with Crippen LogP contribution in [0.1, 0.15) is 39.7 Å². The van der Waals surface area contributed by atoms with E-state index in [9.17, 15) is 9.90 Å². The van der Waals surface area contributed by atoms with Gasteiger partial charge in [-0.2, -0.15) is 0 Å². The van der Waals surface area contributed by atoms with Crippen LogP contribution in [0.3, 0.4) is 0 Å². The predicted octanol–water partition coefficient (Wildman–Crippen LogP) is 3.30. The number of benzene rings is 1. The van der Waals surface area contributed by atoms with E-state index in [-0.39, 0.29) is 23.1 Å². The Balaban J connectivity index is 1.98. The second-order valence-corrected chi connectivity index (χ2v) is 6.79. The monoisotopic (exact) mass is 262 g/mol. The van der Waals surface area contributed by atoms with Crippen LogP contribution in [-0.4, -0.2) is 16.7 Å².